The third-order valence-electron chi connectivity index (χ3n) is 2.47. The van der Waals surface area contributed by atoms with Gasteiger partial charge in [0.15, 0.2) is 0 Å². The number of amides is 2. The van der Waals surface area contributed by atoms with Gasteiger partial charge in [0.1, 0.15) is 6.10 Å². The van der Waals surface area contributed by atoms with Crippen LogP contribution < -0.4 is 5.32 Å². The summed E-state index contributed by atoms with van der Waals surface area (Å²) in [5, 5.41) is 2.85. The van der Waals surface area contributed by atoms with Crippen molar-refractivity contribution < 1.29 is 14.3 Å². The number of carbonyl (C=O) groups excluding carboxylic acids is 2. The molecule has 1 fully saturated rings. The summed E-state index contributed by atoms with van der Waals surface area (Å²) in [6, 6.07) is 0.120. The van der Waals surface area contributed by atoms with Gasteiger partial charge in [-0.15, -0.1) is 0 Å². The predicted molar refractivity (Wildman–Crippen MR) is 60.0 cm³/mol. The fourth-order valence-electron chi connectivity index (χ4n) is 1.75. The first-order valence-electron chi connectivity index (χ1n) is 5.71. The van der Waals surface area contributed by atoms with Crippen LogP contribution in [0.25, 0.3) is 0 Å². The number of urea groups is 1. The number of esters is 1. The van der Waals surface area contributed by atoms with E-state index in [1.54, 1.807) is 4.90 Å². The molecule has 1 heterocycles. The van der Waals surface area contributed by atoms with Crippen molar-refractivity contribution >= 4 is 12.0 Å². The van der Waals surface area contributed by atoms with Gasteiger partial charge in [-0.3, -0.25) is 4.79 Å². The molecule has 5 heteroatoms. The lowest BCUT2D eigenvalue weighted by molar-refractivity contribution is -0.148. The van der Waals surface area contributed by atoms with E-state index in [-0.39, 0.29) is 24.1 Å². The van der Waals surface area contributed by atoms with Crippen molar-refractivity contribution in [1.82, 2.24) is 10.2 Å². The lowest BCUT2D eigenvalue weighted by atomic mass is 10.1. The molecule has 0 aliphatic carbocycles. The Balaban J connectivity index is 2.31. The van der Waals surface area contributed by atoms with Crippen molar-refractivity contribution in [3.05, 3.63) is 0 Å². The van der Waals surface area contributed by atoms with E-state index in [2.05, 4.69) is 5.32 Å². The van der Waals surface area contributed by atoms with Gasteiger partial charge in [-0.1, -0.05) is 0 Å². The summed E-state index contributed by atoms with van der Waals surface area (Å²) in [6.07, 6.45) is 1.43. The minimum Gasteiger partial charge on any atom is -0.462 e. The maximum absolute atomic E-state index is 11.6. The average molecular weight is 228 g/mol. The molecule has 0 bridgehead atoms. The first-order valence-corrected chi connectivity index (χ1v) is 5.71. The lowest BCUT2D eigenvalue weighted by Gasteiger charge is -2.32. The molecule has 1 N–H and O–H groups in total. The van der Waals surface area contributed by atoms with Crippen molar-refractivity contribution in [2.75, 3.05) is 13.1 Å². The summed E-state index contributed by atoms with van der Waals surface area (Å²) in [4.78, 5) is 24.2. The minimum absolute atomic E-state index is 0.0272. The van der Waals surface area contributed by atoms with Gasteiger partial charge in [0.2, 0.25) is 0 Å². The number of hydrogen-bond acceptors (Lipinski definition) is 3. The molecule has 1 rings (SSSR count). The van der Waals surface area contributed by atoms with Crippen LogP contribution >= 0.6 is 0 Å². The number of carbonyl (C=O) groups is 2. The molecule has 16 heavy (non-hydrogen) atoms. The van der Waals surface area contributed by atoms with Crippen LogP contribution in [0.2, 0.25) is 0 Å². The zero-order chi connectivity index (χ0) is 12.1. The van der Waals surface area contributed by atoms with Crippen LogP contribution in [0.4, 0.5) is 4.79 Å². The Morgan fingerprint density at radius 1 is 1.31 bits per heavy atom. The van der Waals surface area contributed by atoms with E-state index in [4.69, 9.17) is 4.74 Å². The summed E-state index contributed by atoms with van der Waals surface area (Å²) in [5.41, 5.74) is 0. The summed E-state index contributed by atoms with van der Waals surface area (Å²) >= 11 is 0. The number of ether oxygens (including phenoxy) is 1. The van der Waals surface area contributed by atoms with Gasteiger partial charge in [-0.05, 0) is 13.8 Å². The zero-order valence-corrected chi connectivity index (χ0v) is 10.2. The van der Waals surface area contributed by atoms with Crippen LogP contribution in [-0.4, -0.2) is 42.1 Å². The Hall–Kier alpha value is -1.26. The quantitative estimate of drug-likeness (QED) is 0.721. The highest BCUT2D eigenvalue weighted by Crippen LogP contribution is 2.13. The number of nitrogens with one attached hydrogen (secondary N) is 1. The largest absolute Gasteiger partial charge is 0.462 e. The summed E-state index contributed by atoms with van der Waals surface area (Å²) in [5.74, 6) is -0.245. The molecular formula is C11H20N2O3. The topological polar surface area (TPSA) is 58.6 Å². The second-order valence-electron chi connectivity index (χ2n) is 4.40. The highest BCUT2D eigenvalue weighted by molar-refractivity contribution is 5.74. The van der Waals surface area contributed by atoms with Crippen molar-refractivity contribution in [1.29, 1.82) is 0 Å². The van der Waals surface area contributed by atoms with Crippen molar-refractivity contribution in [3.63, 3.8) is 0 Å². The number of rotatable bonds is 2. The van der Waals surface area contributed by atoms with Crippen LogP contribution in [0.15, 0.2) is 0 Å². The van der Waals surface area contributed by atoms with Gasteiger partial charge >= 0.3 is 12.0 Å². The van der Waals surface area contributed by atoms with Crippen LogP contribution in [0.3, 0.4) is 0 Å². The van der Waals surface area contributed by atoms with E-state index >= 15 is 0 Å². The molecule has 0 aromatic carbocycles. The zero-order valence-electron chi connectivity index (χ0n) is 10.2. The molecule has 2 amide bonds. The Kier molecular flexibility index (Phi) is 4.58. The summed E-state index contributed by atoms with van der Waals surface area (Å²) in [6.45, 7) is 6.58. The standard InChI is InChI=1S/C11H20N2O3/c1-8(2)12-11(15)13-6-4-10(5-7-13)16-9(3)14/h8,10H,4-7H2,1-3H3,(H,12,15). The lowest BCUT2D eigenvalue weighted by Crippen LogP contribution is -2.47. The van der Waals surface area contributed by atoms with Crippen LogP contribution in [0, 0.1) is 0 Å². The number of nitrogens with zero attached hydrogens (tertiary/aromatic N) is 1. The molecule has 5 nitrogen and oxygen atoms in total. The SMILES string of the molecule is CC(=O)OC1CCN(C(=O)NC(C)C)CC1. The number of hydrogen-bond donors (Lipinski definition) is 1. The number of likely N-dealkylation sites (tertiary alicyclic amines) is 1. The van der Waals surface area contributed by atoms with Crippen molar-refractivity contribution in [2.45, 2.75) is 45.8 Å². The van der Waals surface area contributed by atoms with E-state index in [0.717, 1.165) is 12.8 Å². The van der Waals surface area contributed by atoms with Gasteiger partial charge < -0.3 is 15.0 Å². The van der Waals surface area contributed by atoms with E-state index in [1.807, 2.05) is 13.8 Å². The molecule has 1 saturated heterocycles. The Labute approximate surface area is 96.1 Å². The maximum Gasteiger partial charge on any atom is 0.317 e. The number of piperidine rings is 1. The minimum atomic E-state index is -0.245. The maximum atomic E-state index is 11.6. The molecule has 0 aromatic heterocycles. The highest BCUT2D eigenvalue weighted by Gasteiger charge is 2.24. The van der Waals surface area contributed by atoms with Gasteiger partial charge in [0, 0.05) is 38.9 Å². The molecule has 1 aliphatic heterocycles. The van der Waals surface area contributed by atoms with E-state index < -0.39 is 0 Å². The van der Waals surface area contributed by atoms with Gasteiger partial charge in [0.25, 0.3) is 0 Å². The van der Waals surface area contributed by atoms with Crippen LogP contribution in [0.5, 0.6) is 0 Å². The van der Waals surface area contributed by atoms with E-state index in [1.165, 1.54) is 6.92 Å². The Morgan fingerprint density at radius 2 is 1.88 bits per heavy atom. The molecule has 0 spiro atoms. The van der Waals surface area contributed by atoms with Gasteiger partial charge in [0.05, 0.1) is 0 Å². The van der Waals surface area contributed by atoms with Crippen molar-refractivity contribution in [3.8, 4) is 0 Å². The predicted octanol–water partition coefficient (Wildman–Crippen LogP) is 1.13. The molecule has 0 unspecified atom stereocenters. The summed E-state index contributed by atoms with van der Waals surface area (Å²) in [7, 11) is 0. The second-order valence-corrected chi connectivity index (χ2v) is 4.40. The fourth-order valence-corrected chi connectivity index (χ4v) is 1.75. The second kappa shape index (κ2) is 5.72. The third kappa shape index (κ3) is 4.08. The molecule has 92 valence electrons. The van der Waals surface area contributed by atoms with Gasteiger partial charge in [-0.25, -0.2) is 4.79 Å². The molecule has 0 atom stereocenters. The molecule has 0 aromatic rings. The molecule has 1 aliphatic rings. The average Bonchev–Trinajstić information content (AvgIpc) is 2.16. The smallest absolute Gasteiger partial charge is 0.317 e. The molecular weight excluding hydrogens is 208 g/mol. The fraction of sp³-hybridized carbons (Fsp3) is 0.818. The van der Waals surface area contributed by atoms with Crippen LogP contribution in [-0.2, 0) is 9.53 Å². The monoisotopic (exact) mass is 228 g/mol. The third-order valence-corrected chi connectivity index (χ3v) is 2.47. The summed E-state index contributed by atoms with van der Waals surface area (Å²) < 4.78 is 5.10. The van der Waals surface area contributed by atoms with Crippen molar-refractivity contribution in [2.24, 2.45) is 0 Å². The molecule has 0 radical (unpaired) electrons. The van der Waals surface area contributed by atoms with E-state index in [0.29, 0.717) is 13.1 Å². The van der Waals surface area contributed by atoms with Gasteiger partial charge in [-0.2, -0.15) is 0 Å². The highest BCUT2D eigenvalue weighted by atomic mass is 16.5. The normalized spacial score (nSPS) is 17.4. The molecule has 0 saturated carbocycles. The first-order chi connectivity index (χ1) is 7.49. The van der Waals surface area contributed by atoms with E-state index in [9.17, 15) is 9.59 Å². The Morgan fingerprint density at radius 3 is 2.31 bits per heavy atom. The van der Waals surface area contributed by atoms with Crippen LogP contribution in [0.1, 0.15) is 33.6 Å². The first kappa shape index (κ1) is 12.8. The Bertz CT molecular complexity index is 258.